The van der Waals surface area contributed by atoms with E-state index in [0.717, 1.165) is 22.3 Å². The molecule has 0 saturated carbocycles. The minimum atomic E-state index is -1.07. The maximum atomic E-state index is 12.6. The molecule has 1 saturated heterocycles. The van der Waals surface area contributed by atoms with E-state index in [0.29, 0.717) is 32.8 Å². The van der Waals surface area contributed by atoms with E-state index in [1.54, 1.807) is 6.08 Å². The number of rotatable bonds is 18. The molecule has 1 aliphatic rings. The van der Waals surface area contributed by atoms with Crippen LogP contribution in [-0.4, -0.2) is 49.1 Å². The van der Waals surface area contributed by atoms with Crippen LogP contribution in [0.25, 0.3) is 0 Å². The van der Waals surface area contributed by atoms with Crippen LogP contribution in [0.3, 0.4) is 0 Å². The molecule has 5 rings (SSSR count). The fourth-order valence-electron chi connectivity index (χ4n) is 5.97. The van der Waals surface area contributed by atoms with Gasteiger partial charge in [-0.15, -0.1) is 6.58 Å². The van der Waals surface area contributed by atoms with E-state index in [4.69, 9.17) is 23.7 Å². The molecule has 1 fully saturated rings. The quantitative estimate of drug-likeness (QED) is 0.0929. The van der Waals surface area contributed by atoms with Gasteiger partial charge in [-0.2, -0.15) is 0 Å². The standard InChI is InChI=1S/C41H45NO6/c1-3-25-41(31-42-37(43)4-2)40(47-29-35-23-15-8-16-24-35)39(46-28-34-21-13-7-14-22-34)38(45-27-33-19-11-6-12-20-33)36(48-41)30-44-26-32-17-9-5-10-18-32/h3-24,36,38-40H,1-2,25-31H2,(H,42,43)/t36-,38-,39+,40-,41-/m1/s1. The van der Waals surface area contributed by atoms with Crippen LogP contribution in [0, 0.1) is 0 Å². The van der Waals surface area contributed by atoms with E-state index in [-0.39, 0.29) is 19.1 Å². The van der Waals surface area contributed by atoms with E-state index in [2.05, 4.69) is 18.5 Å². The minimum absolute atomic E-state index is 0.134. The van der Waals surface area contributed by atoms with E-state index in [1.807, 2.05) is 121 Å². The molecule has 1 aliphatic heterocycles. The zero-order valence-electron chi connectivity index (χ0n) is 27.3. The third-order valence-corrected chi connectivity index (χ3v) is 8.37. The highest BCUT2D eigenvalue weighted by molar-refractivity contribution is 5.86. The second-order valence-electron chi connectivity index (χ2n) is 11.9. The summed E-state index contributed by atoms with van der Waals surface area (Å²) in [6, 6.07) is 40.0. The number of nitrogens with one attached hydrogen (secondary N) is 1. The van der Waals surface area contributed by atoms with Crippen molar-refractivity contribution in [3.8, 4) is 0 Å². The lowest BCUT2D eigenvalue weighted by atomic mass is 9.81. The normalized spacial score (nSPS) is 22.1. The van der Waals surface area contributed by atoms with Crippen molar-refractivity contribution in [2.45, 2.75) is 62.9 Å². The highest BCUT2D eigenvalue weighted by Crippen LogP contribution is 2.39. The summed E-state index contributed by atoms with van der Waals surface area (Å²) in [5, 5.41) is 2.98. The van der Waals surface area contributed by atoms with Crippen LogP contribution in [0.4, 0.5) is 0 Å². The molecule has 5 atom stereocenters. The van der Waals surface area contributed by atoms with Gasteiger partial charge in [-0.05, 0) is 34.8 Å². The van der Waals surface area contributed by atoms with Crippen molar-refractivity contribution in [2.24, 2.45) is 0 Å². The Morgan fingerprint density at radius 3 is 1.60 bits per heavy atom. The maximum absolute atomic E-state index is 12.6. The predicted octanol–water partition coefficient (Wildman–Crippen LogP) is 6.98. The number of ether oxygens (including phenoxy) is 5. The predicted molar refractivity (Wildman–Crippen MR) is 187 cm³/mol. The Bertz CT molecular complexity index is 1530. The lowest BCUT2D eigenvalue weighted by molar-refractivity contribution is -0.306. The fraction of sp³-hybridized carbons (Fsp3) is 0.293. The molecule has 4 aromatic carbocycles. The van der Waals surface area contributed by atoms with Gasteiger partial charge in [-0.3, -0.25) is 4.79 Å². The summed E-state index contributed by atoms with van der Waals surface area (Å²) in [6.45, 7) is 9.43. The van der Waals surface area contributed by atoms with Gasteiger partial charge < -0.3 is 29.0 Å². The van der Waals surface area contributed by atoms with Gasteiger partial charge in [0.05, 0.1) is 33.0 Å². The van der Waals surface area contributed by atoms with Gasteiger partial charge in [0.25, 0.3) is 0 Å². The van der Waals surface area contributed by atoms with E-state index in [9.17, 15) is 4.79 Å². The molecule has 48 heavy (non-hydrogen) atoms. The average molecular weight is 648 g/mol. The Labute approximate surface area is 284 Å². The third-order valence-electron chi connectivity index (χ3n) is 8.37. The molecule has 0 aromatic heterocycles. The Morgan fingerprint density at radius 2 is 1.12 bits per heavy atom. The largest absolute Gasteiger partial charge is 0.374 e. The highest BCUT2D eigenvalue weighted by atomic mass is 16.6. The number of hydrogen-bond acceptors (Lipinski definition) is 6. The number of amides is 1. The summed E-state index contributed by atoms with van der Waals surface area (Å²) in [4.78, 5) is 12.6. The SMILES string of the molecule is C=CC[C@]1(CNC(=O)C=C)O[C@H](COCc2ccccc2)[C@@H](OCc2ccccc2)[C@H](OCc2ccccc2)[C@H]1OCc1ccccc1. The second-order valence-corrected chi connectivity index (χ2v) is 11.9. The van der Waals surface area contributed by atoms with Crippen molar-refractivity contribution >= 4 is 5.91 Å². The van der Waals surface area contributed by atoms with E-state index >= 15 is 0 Å². The Hall–Kier alpha value is -4.37. The number of carbonyl (C=O) groups excluding carboxylic acids is 1. The third kappa shape index (κ3) is 9.83. The van der Waals surface area contributed by atoms with Gasteiger partial charge in [-0.25, -0.2) is 0 Å². The molecule has 1 amide bonds. The Kier molecular flexibility index (Phi) is 13.3. The first-order chi connectivity index (χ1) is 23.6. The minimum Gasteiger partial charge on any atom is -0.374 e. The molecular formula is C41H45NO6. The first kappa shape index (κ1) is 35.0. The molecule has 0 aliphatic carbocycles. The molecule has 0 bridgehead atoms. The van der Waals surface area contributed by atoms with Gasteiger partial charge >= 0.3 is 0 Å². The van der Waals surface area contributed by atoms with Crippen LogP contribution >= 0.6 is 0 Å². The van der Waals surface area contributed by atoms with Crippen molar-refractivity contribution in [1.29, 1.82) is 0 Å². The van der Waals surface area contributed by atoms with Gasteiger partial charge in [-0.1, -0.05) is 134 Å². The summed E-state index contributed by atoms with van der Waals surface area (Å²) < 4.78 is 33.8. The number of carbonyl (C=O) groups is 1. The zero-order chi connectivity index (χ0) is 33.4. The van der Waals surface area contributed by atoms with Crippen molar-refractivity contribution in [2.75, 3.05) is 13.2 Å². The molecule has 250 valence electrons. The van der Waals surface area contributed by atoms with Crippen LogP contribution in [0.5, 0.6) is 0 Å². The van der Waals surface area contributed by atoms with Crippen molar-refractivity contribution in [3.63, 3.8) is 0 Å². The van der Waals surface area contributed by atoms with Crippen LogP contribution < -0.4 is 5.32 Å². The first-order valence-corrected chi connectivity index (χ1v) is 16.4. The molecule has 0 spiro atoms. The summed E-state index contributed by atoms with van der Waals surface area (Å²) in [5.41, 5.74) is 3.01. The van der Waals surface area contributed by atoms with Gasteiger partial charge in [0.1, 0.15) is 30.0 Å². The number of benzene rings is 4. The van der Waals surface area contributed by atoms with E-state index < -0.39 is 30.0 Å². The van der Waals surface area contributed by atoms with E-state index in [1.165, 1.54) is 6.08 Å². The number of hydrogen-bond donors (Lipinski definition) is 1. The van der Waals surface area contributed by atoms with Crippen LogP contribution in [-0.2, 0) is 54.9 Å². The zero-order valence-corrected chi connectivity index (χ0v) is 27.3. The maximum Gasteiger partial charge on any atom is 0.243 e. The smallest absolute Gasteiger partial charge is 0.243 e. The summed E-state index contributed by atoms with van der Waals surface area (Å²) in [5.74, 6) is -0.315. The topological polar surface area (TPSA) is 75.3 Å². The molecule has 1 N–H and O–H groups in total. The van der Waals surface area contributed by atoms with Crippen LogP contribution in [0.2, 0.25) is 0 Å². The lowest BCUT2D eigenvalue weighted by Gasteiger charge is -2.53. The van der Waals surface area contributed by atoms with Crippen molar-refractivity contribution in [1.82, 2.24) is 5.32 Å². The molecule has 4 aromatic rings. The average Bonchev–Trinajstić information content (AvgIpc) is 3.14. The van der Waals surface area contributed by atoms with Crippen molar-refractivity contribution < 1.29 is 28.5 Å². The summed E-state index contributed by atoms with van der Waals surface area (Å²) in [6.07, 6.45) is 0.970. The van der Waals surface area contributed by atoms with Crippen LogP contribution in [0.1, 0.15) is 28.7 Å². The van der Waals surface area contributed by atoms with Gasteiger partial charge in [0, 0.05) is 6.54 Å². The monoisotopic (exact) mass is 647 g/mol. The molecule has 1 heterocycles. The van der Waals surface area contributed by atoms with Crippen LogP contribution in [0.15, 0.2) is 147 Å². The Morgan fingerprint density at radius 1 is 0.667 bits per heavy atom. The molecule has 0 radical (unpaired) electrons. The lowest BCUT2D eigenvalue weighted by Crippen LogP contribution is -2.69. The molecule has 0 unspecified atom stereocenters. The molecular weight excluding hydrogens is 602 g/mol. The Balaban J connectivity index is 1.53. The fourth-order valence-corrected chi connectivity index (χ4v) is 5.97. The first-order valence-electron chi connectivity index (χ1n) is 16.4. The summed E-state index contributed by atoms with van der Waals surface area (Å²) in [7, 11) is 0. The highest BCUT2D eigenvalue weighted by Gasteiger charge is 2.56. The van der Waals surface area contributed by atoms with Gasteiger partial charge in [0.2, 0.25) is 5.91 Å². The molecule has 7 heteroatoms. The molecule has 7 nitrogen and oxygen atoms in total. The van der Waals surface area contributed by atoms with Gasteiger partial charge in [0.15, 0.2) is 0 Å². The summed E-state index contributed by atoms with van der Waals surface area (Å²) >= 11 is 0. The van der Waals surface area contributed by atoms with Crippen molar-refractivity contribution in [3.05, 3.63) is 169 Å². The second kappa shape index (κ2) is 18.2.